The van der Waals surface area contributed by atoms with Crippen LogP contribution in [0.4, 0.5) is 0 Å². The van der Waals surface area contributed by atoms with Crippen LogP contribution in [0.1, 0.15) is 78.9 Å². The van der Waals surface area contributed by atoms with Crippen LogP contribution < -0.4 is 10.2 Å². The molecule has 1 aromatic rings. The molecule has 4 rings (SSSR count). The van der Waals surface area contributed by atoms with Crippen molar-refractivity contribution in [2.24, 2.45) is 0 Å². The van der Waals surface area contributed by atoms with Crippen molar-refractivity contribution in [3.8, 4) is 5.75 Å². The van der Waals surface area contributed by atoms with E-state index in [9.17, 15) is 0 Å². The van der Waals surface area contributed by atoms with Crippen molar-refractivity contribution in [3.63, 3.8) is 0 Å². The van der Waals surface area contributed by atoms with Crippen LogP contribution in [0.3, 0.4) is 0 Å². The molecule has 1 atom stereocenters. The lowest BCUT2D eigenvalue weighted by Crippen LogP contribution is -2.41. The second kappa shape index (κ2) is 5.74. The van der Waals surface area contributed by atoms with Crippen LogP contribution in [0.25, 0.3) is 0 Å². The summed E-state index contributed by atoms with van der Waals surface area (Å²) < 4.78 is 24.9. The van der Waals surface area contributed by atoms with Crippen molar-refractivity contribution in [1.82, 2.24) is 0 Å². The van der Waals surface area contributed by atoms with E-state index in [1.165, 1.54) is 18.4 Å². The zero-order chi connectivity index (χ0) is 19.8. The molecule has 1 spiro atoms. The van der Waals surface area contributed by atoms with Crippen LogP contribution in [0.15, 0.2) is 12.1 Å². The smallest absolute Gasteiger partial charge is 0.490 e. The van der Waals surface area contributed by atoms with Gasteiger partial charge in [0.2, 0.25) is 0 Å². The molecule has 1 aliphatic carbocycles. The molecule has 1 saturated carbocycles. The van der Waals surface area contributed by atoms with Crippen molar-refractivity contribution < 1.29 is 18.8 Å². The van der Waals surface area contributed by atoms with E-state index in [1.807, 2.05) is 0 Å². The monoisotopic (exact) mass is 372 g/mol. The van der Waals surface area contributed by atoms with Crippen LogP contribution in [0.2, 0.25) is 0 Å². The molecule has 1 saturated heterocycles. The first-order valence-electron chi connectivity index (χ1n) is 10.2. The fourth-order valence-electron chi connectivity index (χ4n) is 4.37. The Labute approximate surface area is 164 Å². The molecule has 27 heavy (non-hydrogen) atoms. The topological polar surface area (TPSA) is 36.9 Å². The third kappa shape index (κ3) is 2.94. The summed E-state index contributed by atoms with van der Waals surface area (Å²) in [6.45, 7) is 14.8. The van der Waals surface area contributed by atoms with Crippen LogP contribution in [-0.2, 0) is 25.1 Å². The van der Waals surface area contributed by atoms with Crippen LogP contribution in [0.5, 0.6) is 5.75 Å². The highest BCUT2D eigenvalue weighted by molar-refractivity contribution is 6.62. The Morgan fingerprint density at radius 2 is 1.67 bits per heavy atom. The lowest BCUT2D eigenvalue weighted by Gasteiger charge is -2.36. The molecule has 2 aliphatic heterocycles. The number of rotatable bonds is 3. The number of benzene rings is 1. The minimum absolute atomic E-state index is 0.231. The second-order valence-electron chi connectivity index (χ2n) is 10.2. The molecule has 0 N–H and O–H groups in total. The third-order valence-electron chi connectivity index (χ3n) is 7.22. The predicted molar refractivity (Wildman–Crippen MR) is 108 cm³/mol. The summed E-state index contributed by atoms with van der Waals surface area (Å²) in [4.78, 5) is 0. The highest BCUT2D eigenvalue weighted by Crippen LogP contribution is 2.58. The van der Waals surface area contributed by atoms with Crippen LogP contribution in [-0.4, -0.2) is 31.5 Å². The van der Waals surface area contributed by atoms with Gasteiger partial charge in [-0.15, -0.1) is 0 Å². The summed E-state index contributed by atoms with van der Waals surface area (Å²) in [5.41, 5.74) is 2.57. The van der Waals surface area contributed by atoms with Crippen molar-refractivity contribution in [2.45, 2.75) is 96.1 Å². The molecular formula is C22H33BO4. The highest BCUT2D eigenvalue weighted by atomic mass is 16.7. The van der Waals surface area contributed by atoms with Gasteiger partial charge in [-0.05, 0) is 73.2 Å². The minimum Gasteiger partial charge on any atom is -0.490 e. The summed E-state index contributed by atoms with van der Waals surface area (Å²) in [5.74, 6) is 1.01. The molecule has 1 unspecified atom stereocenters. The van der Waals surface area contributed by atoms with Gasteiger partial charge in [0.05, 0.1) is 22.9 Å². The molecule has 4 nitrogen and oxygen atoms in total. The first-order valence-corrected chi connectivity index (χ1v) is 10.2. The van der Waals surface area contributed by atoms with Gasteiger partial charge in [-0.1, -0.05) is 12.1 Å². The van der Waals surface area contributed by atoms with E-state index in [-0.39, 0.29) is 29.8 Å². The molecule has 0 amide bonds. The van der Waals surface area contributed by atoms with E-state index < -0.39 is 5.60 Å². The molecule has 3 aliphatic rings. The Bertz CT molecular complexity index is 748. The van der Waals surface area contributed by atoms with Gasteiger partial charge in [-0.3, -0.25) is 0 Å². The first kappa shape index (κ1) is 19.3. The average Bonchev–Trinajstić information content (AvgIpc) is 3.27. The van der Waals surface area contributed by atoms with E-state index in [0.717, 1.165) is 23.2 Å². The van der Waals surface area contributed by atoms with Crippen LogP contribution >= 0.6 is 0 Å². The Morgan fingerprint density at radius 3 is 2.19 bits per heavy atom. The molecule has 0 radical (unpaired) electrons. The molecule has 0 aromatic heterocycles. The van der Waals surface area contributed by atoms with E-state index in [2.05, 4.69) is 60.6 Å². The Balaban J connectivity index is 1.85. The van der Waals surface area contributed by atoms with Gasteiger partial charge < -0.3 is 18.8 Å². The molecular weight excluding hydrogens is 339 g/mol. The lowest BCUT2D eigenvalue weighted by molar-refractivity contribution is 0.00578. The fourth-order valence-corrected chi connectivity index (χ4v) is 4.37. The van der Waals surface area contributed by atoms with Gasteiger partial charge in [-0.25, -0.2) is 0 Å². The van der Waals surface area contributed by atoms with Crippen molar-refractivity contribution >= 4 is 12.6 Å². The van der Waals surface area contributed by atoms with E-state index >= 15 is 0 Å². The zero-order valence-corrected chi connectivity index (χ0v) is 18.1. The summed E-state index contributed by atoms with van der Waals surface area (Å²) in [7, 11) is 1.38. The molecule has 2 heterocycles. The van der Waals surface area contributed by atoms with Gasteiger partial charge in [0.25, 0.3) is 0 Å². The number of hydrogen-bond donors (Lipinski definition) is 0. The molecule has 148 valence electrons. The summed E-state index contributed by atoms with van der Waals surface area (Å²) in [6.07, 6.45) is 3.77. The molecule has 0 bridgehead atoms. The average molecular weight is 372 g/mol. The van der Waals surface area contributed by atoms with Crippen LogP contribution in [0, 0.1) is 0 Å². The first-order chi connectivity index (χ1) is 12.4. The van der Waals surface area contributed by atoms with Gasteiger partial charge in [0.1, 0.15) is 5.75 Å². The van der Waals surface area contributed by atoms with Gasteiger partial charge in [0.15, 0.2) is 0 Å². The van der Waals surface area contributed by atoms with Gasteiger partial charge in [-0.2, -0.15) is 0 Å². The normalized spacial score (nSPS) is 27.4. The van der Waals surface area contributed by atoms with E-state index in [4.69, 9.17) is 18.8 Å². The molecule has 5 heteroatoms. The Kier molecular flexibility index (Phi) is 4.10. The number of fused-ring (bicyclic) bond motifs is 2. The van der Waals surface area contributed by atoms with Crippen molar-refractivity contribution in [2.75, 3.05) is 7.11 Å². The Morgan fingerprint density at radius 1 is 1.07 bits per heavy atom. The number of ether oxygens (including phenoxy) is 2. The van der Waals surface area contributed by atoms with Gasteiger partial charge >= 0.3 is 7.12 Å². The van der Waals surface area contributed by atoms with Crippen molar-refractivity contribution in [3.05, 3.63) is 23.3 Å². The van der Waals surface area contributed by atoms with E-state index in [1.54, 1.807) is 7.11 Å². The number of hydrogen-bond acceptors (Lipinski definition) is 4. The van der Waals surface area contributed by atoms with Crippen molar-refractivity contribution in [1.29, 1.82) is 0 Å². The SMILES string of the molecule is COC(C)(C)c1cc(B2OC(C)(C)C(C)(C)O2)cc2c1OC(C)CC21CC1. The Hall–Kier alpha value is -1.04. The lowest BCUT2D eigenvalue weighted by atomic mass is 9.72. The van der Waals surface area contributed by atoms with E-state index in [0.29, 0.717) is 0 Å². The molecule has 2 fully saturated rings. The zero-order valence-electron chi connectivity index (χ0n) is 18.1. The maximum atomic E-state index is 6.36. The molecule has 1 aromatic carbocycles. The third-order valence-corrected chi connectivity index (χ3v) is 7.22. The summed E-state index contributed by atoms with van der Waals surface area (Å²) in [6, 6.07) is 4.43. The minimum atomic E-state index is -0.448. The second-order valence-corrected chi connectivity index (χ2v) is 10.2. The fraction of sp³-hybridized carbons (Fsp3) is 0.727. The number of methoxy groups -OCH3 is 1. The standard InChI is InChI=1S/C22H33BO4/c1-14-13-22(9-10-22)17-12-15(23-26-20(4,5)21(6,7)27-23)11-16(18(17)25-14)19(2,3)24-8/h11-12,14H,9-10,13H2,1-8H3. The maximum Gasteiger partial charge on any atom is 0.494 e. The highest BCUT2D eigenvalue weighted by Gasteiger charge is 2.54. The maximum absolute atomic E-state index is 6.36. The largest absolute Gasteiger partial charge is 0.494 e. The predicted octanol–water partition coefficient (Wildman–Crippen LogP) is 4.07. The summed E-state index contributed by atoms with van der Waals surface area (Å²) >= 11 is 0. The summed E-state index contributed by atoms with van der Waals surface area (Å²) in [5, 5.41) is 0. The van der Waals surface area contributed by atoms with Gasteiger partial charge in [0, 0.05) is 23.7 Å². The quantitative estimate of drug-likeness (QED) is 0.750.